The van der Waals surface area contributed by atoms with Gasteiger partial charge >= 0.3 is 5.97 Å². The Morgan fingerprint density at radius 3 is 2.79 bits per heavy atom. The van der Waals surface area contributed by atoms with Gasteiger partial charge in [0, 0.05) is 29.5 Å². The average Bonchev–Trinajstić information content (AvgIpc) is 2.69. The summed E-state index contributed by atoms with van der Waals surface area (Å²) >= 11 is 6.65. The first-order valence-electron chi connectivity index (χ1n) is 10.1. The van der Waals surface area contributed by atoms with Crippen molar-refractivity contribution >= 4 is 35.2 Å². The minimum Gasteiger partial charge on any atom is -0.465 e. The first-order valence-corrected chi connectivity index (χ1v) is 10.5. The van der Waals surface area contributed by atoms with Crippen molar-refractivity contribution in [2.75, 3.05) is 18.6 Å². The number of fused-ring (bicyclic) bond motifs is 1. The van der Waals surface area contributed by atoms with Crippen molar-refractivity contribution in [1.29, 1.82) is 0 Å². The minimum atomic E-state index is -0.374. The van der Waals surface area contributed by atoms with Crippen LogP contribution in [0.5, 0.6) is 0 Å². The molecule has 0 saturated heterocycles. The average molecular weight is 413 g/mol. The topological polar surface area (TPSA) is 41.9 Å². The third-order valence-corrected chi connectivity index (χ3v) is 5.90. The highest BCUT2D eigenvalue weighted by Gasteiger charge is 2.36. The Morgan fingerprint density at radius 1 is 1.34 bits per heavy atom. The van der Waals surface area contributed by atoms with Gasteiger partial charge in [-0.1, -0.05) is 31.5 Å². The maximum absolute atomic E-state index is 11.7. The van der Waals surface area contributed by atoms with Gasteiger partial charge in [0.05, 0.1) is 23.4 Å². The maximum atomic E-state index is 11.7. The van der Waals surface area contributed by atoms with Crippen LogP contribution in [0.3, 0.4) is 0 Å². The number of halogens is 1. The summed E-state index contributed by atoms with van der Waals surface area (Å²) in [7, 11) is 1.37. The molecule has 0 N–H and O–H groups in total. The van der Waals surface area contributed by atoms with Gasteiger partial charge in [-0.2, -0.15) is 0 Å². The van der Waals surface area contributed by atoms with Gasteiger partial charge in [-0.3, -0.25) is 4.99 Å². The number of benzene rings is 2. The molecule has 29 heavy (non-hydrogen) atoms. The molecule has 1 heterocycles. The minimum absolute atomic E-state index is 0.107. The molecule has 0 bridgehead atoms. The third kappa shape index (κ3) is 4.48. The van der Waals surface area contributed by atoms with E-state index in [1.807, 2.05) is 6.07 Å². The number of aliphatic imine (C=N–C) groups is 1. The molecule has 1 aliphatic heterocycles. The molecule has 2 aromatic carbocycles. The molecule has 0 radical (unpaired) electrons. The predicted octanol–water partition coefficient (Wildman–Crippen LogP) is 6.38. The van der Waals surface area contributed by atoms with Crippen LogP contribution in [-0.4, -0.2) is 31.4 Å². The molecule has 4 nitrogen and oxygen atoms in total. The van der Waals surface area contributed by atoms with Crippen LogP contribution in [0.4, 0.5) is 11.4 Å². The van der Waals surface area contributed by atoms with E-state index in [0.717, 1.165) is 24.9 Å². The molecule has 3 rings (SSSR count). The normalized spacial score (nSPS) is 18.0. The summed E-state index contributed by atoms with van der Waals surface area (Å²) in [6.45, 7) is 10.1. The SMILES string of the molecule is CCCN1c2cc(Cl)c(C=Nc3cccc(C(=O)OC)c3)cc2C(C)CC1(C)C. The smallest absolute Gasteiger partial charge is 0.337 e. The molecule has 1 atom stereocenters. The van der Waals surface area contributed by atoms with E-state index in [1.165, 1.54) is 18.4 Å². The molecule has 0 aromatic heterocycles. The molecule has 1 unspecified atom stereocenters. The standard InChI is InChI=1S/C24H29ClN2O2/c1-6-10-27-22-13-21(25)18(12-20(22)16(2)14-24(27,3)4)15-26-19-9-7-8-17(11-19)23(28)29-5/h7-9,11-13,15-16H,6,10,14H2,1-5H3. The fourth-order valence-corrected chi connectivity index (χ4v) is 4.45. The fraction of sp³-hybridized carbons (Fsp3) is 0.417. The lowest BCUT2D eigenvalue weighted by atomic mass is 9.79. The molecule has 0 spiro atoms. The highest BCUT2D eigenvalue weighted by molar-refractivity contribution is 6.33. The highest BCUT2D eigenvalue weighted by atomic mass is 35.5. The van der Waals surface area contributed by atoms with E-state index in [4.69, 9.17) is 16.3 Å². The number of nitrogens with zero attached hydrogens (tertiary/aromatic N) is 2. The van der Waals surface area contributed by atoms with Crippen LogP contribution < -0.4 is 4.90 Å². The number of esters is 1. The van der Waals surface area contributed by atoms with E-state index >= 15 is 0 Å². The van der Waals surface area contributed by atoms with E-state index in [0.29, 0.717) is 22.2 Å². The number of rotatable bonds is 5. The van der Waals surface area contributed by atoms with Gasteiger partial charge in [0.1, 0.15) is 0 Å². The molecular formula is C24H29ClN2O2. The summed E-state index contributed by atoms with van der Waals surface area (Å²) in [4.78, 5) is 18.8. The zero-order valence-electron chi connectivity index (χ0n) is 17.8. The first kappa shape index (κ1) is 21.4. The van der Waals surface area contributed by atoms with Crippen molar-refractivity contribution < 1.29 is 9.53 Å². The van der Waals surface area contributed by atoms with Gasteiger partial charge in [0.2, 0.25) is 0 Å². The fourth-order valence-electron chi connectivity index (χ4n) is 4.24. The Morgan fingerprint density at radius 2 is 2.10 bits per heavy atom. The molecule has 0 fully saturated rings. The molecule has 2 aromatic rings. The maximum Gasteiger partial charge on any atom is 0.337 e. The van der Waals surface area contributed by atoms with E-state index in [2.05, 4.69) is 49.7 Å². The zero-order valence-corrected chi connectivity index (χ0v) is 18.6. The lowest BCUT2D eigenvalue weighted by Gasteiger charge is -2.47. The summed E-state index contributed by atoms with van der Waals surface area (Å²) in [6.07, 6.45) is 3.96. The highest BCUT2D eigenvalue weighted by Crippen LogP contribution is 2.45. The van der Waals surface area contributed by atoms with Crippen LogP contribution in [0.2, 0.25) is 5.02 Å². The predicted molar refractivity (Wildman–Crippen MR) is 121 cm³/mol. The van der Waals surface area contributed by atoms with Gasteiger partial charge in [-0.25, -0.2) is 4.79 Å². The Kier molecular flexibility index (Phi) is 6.33. The van der Waals surface area contributed by atoms with E-state index in [-0.39, 0.29) is 11.5 Å². The quantitative estimate of drug-likeness (QED) is 0.422. The van der Waals surface area contributed by atoms with Crippen molar-refractivity contribution in [1.82, 2.24) is 0 Å². The zero-order chi connectivity index (χ0) is 21.2. The summed E-state index contributed by atoms with van der Waals surface area (Å²) in [5, 5.41) is 0.683. The number of carbonyl (C=O) groups is 1. The third-order valence-electron chi connectivity index (χ3n) is 5.57. The van der Waals surface area contributed by atoms with Crippen LogP contribution in [0.1, 0.15) is 67.9 Å². The Bertz CT molecular complexity index is 936. The van der Waals surface area contributed by atoms with Crippen molar-refractivity contribution in [2.45, 2.75) is 52.0 Å². The summed E-state index contributed by atoms with van der Waals surface area (Å²) in [5.74, 6) is 0.0708. The number of anilines is 1. The van der Waals surface area contributed by atoms with Gasteiger partial charge in [0.15, 0.2) is 0 Å². The second-order valence-electron chi connectivity index (χ2n) is 8.30. The van der Waals surface area contributed by atoms with Gasteiger partial charge in [0.25, 0.3) is 0 Å². The van der Waals surface area contributed by atoms with Crippen LogP contribution in [0.25, 0.3) is 0 Å². The van der Waals surface area contributed by atoms with E-state index in [1.54, 1.807) is 24.4 Å². The van der Waals surface area contributed by atoms with Crippen LogP contribution in [-0.2, 0) is 4.74 Å². The van der Waals surface area contributed by atoms with Gasteiger partial charge in [-0.05, 0) is 68.5 Å². The van der Waals surface area contributed by atoms with Crippen molar-refractivity contribution in [2.24, 2.45) is 4.99 Å². The van der Waals surface area contributed by atoms with Crippen molar-refractivity contribution in [3.63, 3.8) is 0 Å². The van der Waals surface area contributed by atoms with E-state index < -0.39 is 0 Å². The Balaban J connectivity index is 1.96. The second-order valence-corrected chi connectivity index (χ2v) is 8.71. The van der Waals surface area contributed by atoms with Crippen LogP contribution in [0, 0.1) is 0 Å². The van der Waals surface area contributed by atoms with Crippen LogP contribution in [0.15, 0.2) is 41.4 Å². The van der Waals surface area contributed by atoms with Crippen LogP contribution >= 0.6 is 11.6 Å². The molecular weight excluding hydrogens is 384 g/mol. The second kappa shape index (κ2) is 8.58. The molecule has 0 aliphatic carbocycles. The molecule has 0 saturated carbocycles. The van der Waals surface area contributed by atoms with Gasteiger partial charge < -0.3 is 9.64 Å². The number of ether oxygens (including phenoxy) is 1. The monoisotopic (exact) mass is 412 g/mol. The van der Waals surface area contributed by atoms with E-state index in [9.17, 15) is 4.79 Å². The Hall–Kier alpha value is -2.33. The first-order chi connectivity index (χ1) is 13.8. The summed E-state index contributed by atoms with van der Waals surface area (Å²) in [6, 6.07) is 11.3. The lowest BCUT2D eigenvalue weighted by Crippen LogP contribution is -2.48. The number of hydrogen-bond donors (Lipinski definition) is 0. The molecule has 5 heteroatoms. The molecule has 1 aliphatic rings. The van der Waals surface area contributed by atoms with Crippen molar-refractivity contribution in [3.05, 3.63) is 58.1 Å². The summed E-state index contributed by atoms with van der Waals surface area (Å²) < 4.78 is 4.78. The number of methoxy groups -OCH3 is 1. The molecule has 154 valence electrons. The summed E-state index contributed by atoms with van der Waals surface area (Å²) in [5.41, 5.74) is 4.69. The molecule has 0 amide bonds. The lowest BCUT2D eigenvalue weighted by molar-refractivity contribution is 0.0601. The Labute approximate surface area is 178 Å². The van der Waals surface area contributed by atoms with Crippen molar-refractivity contribution in [3.8, 4) is 0 Å². The number of hydrogen-bond acceptors (Lipinski definition) is 4. The van der Waals surface area contributed by atoms with Gasteiger partial charge in [-0.15, -0.1) is 0 Å². The largest absolute Gasteiger partial charge is 0.465 e. The number of carbonyl (C=O) groups excluding carboxylic acids is 1.